The summed E-state index contributed by atoms with van der Waals surface area (Å²) < 4.78 is 0. The van der Waals surface area contributed by atoms with Crippen LogP contribution in [0.3, 0.4) is 0 Å². The average molecular weight is 400 g/mol. The van der Waals surface area contributed by atoms with Gasteiger partial charge in [0.1, 0.15) is 0 Å². The predicted molar refractivity (Wildman–Crippen MR) is 132 cm³/mol. The minimum absolute atomic E-state index is 0.487. The number of hydrogen-bond acceptors (Lipinski definition) is 2. The lowest BCUT2D eigenvalue weighted by molar-refractivity contribution is 0.612. The van der Waals surface area contributed by atoms with E-state index in [-0.39, 0.29) is 0 Å². The third-order valence-corrected chi connectivity index (χ3v) is 5.80. The SMILES string of the molecule is C=CC(=C/C)/C(=C\C(=C/C)C(=C/CCC)\SC=C(C)C)/C=C(/NC)C(C)CC. The Morgan fingerprint density at radius 3 is 2.11 bits per heavy atom. The van der Waals surface area contributed by atoms with Crippen molar-refractivity contribution in [3.8, 4) is 0 Å². The van der Waals surface area contributed by atoms with Gasteiger partial charge >= 0.3 is 0 Å². The van der Waals surface area contributed by atoms with Gasteiger partial charge in [-0.1, -0.05) is 75.4 Å². The zero-order valence-corrected chi connectivity index (χ0v) is 20.2. The highest BCUT2D eigenvalue weighted by atomic mass is 32.2. The molecule has 0 bridgehead atoms. The van der Waals surface area contributed by atoms with E-state index in [1.165, 1.54) is 27.3 Å². The fraction of sp³-hybridized carbons (Fsp3) is 0.462. The summed E-state index contributed by atoms with van der Waals surface area (Å²) in [5.74, 6) is 0.487. The topological polar surface area (TPSA) is 12.0 Å². The molecule has 0 aromatic heterocycles. The smallest absolute Gasteiger partial charge is 0.0145 e. The second-order valence-corrected chi connectivity index (χ2v) is 8.03. The van der Waals surface area contributed by atoms with Crippen molar-refractivity contribution in [3.63, 3.8) is 0 Å². The van der Waals surface area contributed by atoms with Crippen molar-refractivity contribution in [2.24, 2.45) is 5.92 Å². The first-order valence-electron chi connectivity index (χ1n) is 10.4. The van der Waals surface area contributed by atoms with Crippen LogP contribution in [0.2, 0.25) is 0 Å². The lowest BCUT2D eigenvalue weighted by Crippen LogP contribution is -2.14. The Kier molecular flexibility index (Phi) is 14.4. The van der Waals surface area contributed by atoms with Gasteiger partial charge < -0.3 is 5.32 Å². The maximum Gasteiger partial charge on any atom is 0.0145 e. The van der Waals surface area contributed by atoms with E-state index in [1.54, 1.807) is 0 Å². The van der Waals surface area contributed by atoms with Crippen molar-refractivity contribution in [3.05, 3.63) is 81.3 Å². The molecule has 0 aliphatic carbocycles. The van der Waals surface area contributed by atoms with Gasteiger partial charge in [0.2, 0.25) is 0 Å². The lowest BCUT2D eigenvalue weighted by Gasteiger charge is -2.16. The number of thioether (sulfide) groups is 1. The molecule has 0 aliphatic rings. The Labute approximate surface area is 179 Å². The van der Waals surface area contributed by atoms with Gasteiger partial charge in [-0.2, -0.15) is 0 Å². The van der Waals surface area contributed by atoms with Crippen LogP contribution >= 0.6 is 11.8 Å². The van der Waals surface area contributed by atoms with Gasteiger partial charge in [0, 0.05) is 17.6 Å². The third-order valence-electron chi connectivity index (χ3n) is 4.55. The summed E-state index contributed by atoms with van der Waals surface area (Å²) >= 11 is 1.81. The molecule has 0 radical (unpaired) electrons. The zero-order valence-electron chi connectivity index (χ0n) is 19.4. The molecule has 0 saturated heterocycles. The van der Waals surface area contributed by atoms with Crippen LogP contribution in [0.1, 0.15) is 67.7 Å². The van der Waals surface area contributed by atoms with Crippen LogP contribution in [-0.2, 0) is 0 Å². The Bertz CT molecular complexity index is 665. The molecule has 0 aliphatic heterocycles. The molecule has 0 saturated carbocycles. The van der Waals surface area contributed by atoms with Gasteiger partial charge in [-0.3, -0.25) is 0 Å². The van der Waals surface area contributed by atoms with E-state index in [0.717, 1.165) is 24.8 Å². The molecule has 0 fully saturated rings. The monoisotopic (exact) mass is 399 g/mol. The molecule has 156 valence electrons. The highest BCUT2D eigenvalue weighted by Gasteiger charge is 2.09. The van der Waals surface area contributed by atoms with Crippen LogP contribution in [0, 0.1) is 5.92 Å². The first-order valence-corrected chi connectivity index (χ1v) is 11.3. The van der Waals surface area contributed by atoms with E-state index < -0.39 is 0 Å². The van der Waals surface area contributed by atoms with Crippen LogP contribution < -0.4 is 5.32 Å². The molecule has 1 N–H and O–H groups in total. The fourth-order valence-corrected chi connectivity index (χ4v) is 3.50. The van der Waals surface area contributed by atoms with E-state index in [9.17, 15) is 0 Å². The summed E-state index contributed by atoms with van der Waals surface area (Å²) in [7, 11) is 2.01. The number of unbranched alkanes of at least 4 members (excludes halogenated alkanes) is 1. The lowest BCUT2D eigenvalue weighted by atomic mass is 9.96. The quantitative estimate of drug-likeness (QED) is 0.330. The largest absolute Gasteiger partial charge is 0.391 e. The normalized spacial score (nSPS) is 15.4. The Morgan fingerprint density at radius 1 is 1.04 bits per heavy atom. The molecular formula is C26H41NS. The van der Waals surface area contributed by atoms with Crippen molar-refractivity contribution in [2.45, 2.75) is 67.7 Å². The van der Waals surface area contributed by atoms with E-state index in [4.69, 9.17) is 0 Å². The highest BCUT2D eigenvalue weighted by Crippen LogP contribution is 2.31. The fourth-order valence-electron chi connectivity index (χ4n) is 2.61. The molecule has 2 heteroatoms. The predicted octanol–water partition coefficient (Wildman–Crippen LogP) is 8.48. The van der Waals surface area contributed by atoms with Crippen LogP contribution in [0.25, 0.3) is 0 Å². The molecule has 1 nitrogen and oxygen atoms in total. The molecular weight excluding hydrogens is 358 g/mol. The maximum absolute atomic E-state index is 4.03. The molecule has 0 heterocycles. The van der Waals surface area contributed by atoms with E-state index in [0.29, 0.717) is 5.92 Å². The Balaban J connectivity index is 6.36. The maximum atomic E-state index is 4.03. The second kappa shape index (κ2) is 15.3. The summed E-state index contributed by atoms with van der Waals surface area (Å²) in [6, 6.07) is 0. The zero-order chi connectivity index (χ0) is 21.5. The van der Waals surface area contributed by atoms with Crippen LogP contribution in [0.5, 0.6) is 0 Å². The summed E-state index contributed by atoms with van der Waals surface area (Å²) in [5, 5.41) is 5.62. The van der Waals surface area contributed by atoms with Gasteiger partial charge in [0.15, 0.2) is 0 Å². The Hall–Kier alpha value is -1.67. The minimum atomic E-state index is 0.487. The summed E-state index contributed by atoms with van der Waals surface area (Å²) in [5.41, 5.74) is 6.17. The molecule has 1 atom stereocenters. The summed E-state index contributed by atoms with van der Waals surface area (Å²) in [6.45, 7) is 19.2. The number of rotatable bonds is 12. The first-order chi connectivity index (χ1) is 13.4. The van der Waals surface area contributed by atoms with E-state index >= 15 is 0 Å². The average Bonchev–Trinajstić information content (AvgIpc) is 2.70. The standard InChI is InChI=1S/C26H41NS/c1-10-15-16-26(28-19-20(6)7)23(14-5)17-24(22(12-3)13-4)18-25(27-9)21(8)11-2/h12-14,16-19,21,27H,3,10-11,15H2,1-2,4-9H3/b22-13-,23-14+,24-17-,25-18+,26-16+. The summed E-state index contributed by atoms with van der Waals surface area (Å²) in [4.78, 5) is 1.31. The molecule has 0 aromatic rings. The van der Waals surface area contributed by atoms with E-state index in [1.807, 2.05) is 24.9 Å². The number of allylic oxidation sites excluding steroid dienone is 11. The molecule has 28 heavy (non-hydrogen) atoms. The van der Waals surface area contributed by atoms with Gasteiger partial charge in [0.05, 0.1) is 0 Å². The Morgan fingerprint density at radius 2 is 1.68 bits per heavy atom. The van der Waals surface area contributed by atoms with Crippen molar-refractivity contribution < 1.29 is 0 Å². The molecule has 0 aromatic carbocycles. The van der Waals surface area contributed by atoms with E-state index in [2.05, 4.69) is 96.2 Å². The van der Waals surface area contributed by atoms with Gasteiger partial charge in [-0.05, 0) is 80.7 Å². The summed E-state index contributed by atoms with van der Waals surface area (Å²) in [6.07, 6.45) is 16.5. The van der Waals surface area contributed by atoms with Gasteiger partial charge in [-0.25, -0.2) is 0 Å². The molecule has 0 rings (SSSR count). The van der Waals surface area contributed by atoms with Crippen molar-refractivity contribution in [1.82, 2.24) is 5.32 Å². The van der Waals surface area contributed by atoms with Crippen molar-refractivity contribution in [2.75, 3.05) is 7.05 Å². The van der Waals surface area contributed by atoms with Gasteiger partial charge in [0.25, 0.3) is 0 Å². The molecule has 0 amide bonds. The van der Waals surface area contributed by atoms with Crippen molar-refractivity contribution >= 4 is 11.8 Å². The first kappa shape index (κ1) is 26.3. The van der Waals surface area contributed by atoms with Crippen LogP contribution in [0.15, 0.2) is 81.3 Å². The van der Waals surface area contributed by atoms with Gasteiger partial charge in [-0.15, -0.1) is 0 Å². The van der Waals surface area contributed by atoms with Crippen LogP contribution in [-0.4, -0.2) is 7.05 Å². The highest BCUT2D eigenvalue weighted by molar-refractivity contribution is 8.06. The van der Waals surface area contributed by atoms with Crippen molar-refractivity contribution in [1.29, 1.82) is 0 Å². The minimum Gasteiger partial charge on any atom is -0.391 e. The molecule has 0 spiro atoms. The number of hydrogen-bond donors (Lipinski definition) is 1. The second-order valence-electron chi connectivity index (χ2n) is 7.12. The third kappa shape index (κ3) is 9.50. The number of nitrogens with one attached hydrogen (secondary N) is 1. The van der Waals surface area contributed by atoms with Crippen LogP contribution in [0.4, 0.5) is 0 Å². The molecule has 1 unspecified atom stereocenters.